The number of guanidine groups is 1. The lowest BCUT2D eigenvalue weighted by Gasteiger charge is -2.34. The molecule has 1 unspecified atom stereocenters. The summed E-state index contributed by atoms with van der Waals surface area (Å²) in [4.78, 5) is 199. The van der Waals surface area contributed by atoms with E-state index in [1.54, 1.807) is 144 Å². The van der Waals surface area contributed by atoms with Gasteiger partial charge in [0.05, 0.1) is 49.3 Å². The molecule has 2 rings (SSSR count). The van der Waals surface area contributed by atoms with Gasteiger partial charge in [0.25, 0.3) is 0 Å². The molecule has 0 aliphatic carbocycles. The third-order valence-corrected chi connectivity index (χ3v) is 17.7. The smallest absolute Gasteiger partial charge is 0.408 e. The lowest BCUT2D eigenvalue weighted by atomic mass is 9.83. The number of aliphatic hydroxyl groups is 3. The lowest BCUT2D eigenvalue weighted by Crippen LogP contribution is -2.62. The van der Waals surface area contributed by atoms with Crippen LogP contribution >= 0.6 is 0 Å². The van der Waals surface area contributed by atoms with Gasteiger partial charge in [-0.15, -0.1) is 0 Å². The van der Waals surface area contributed by atoms with E-state index in [0.29, 0.717) is 12.0 Å². The van der Waals surface area contributed by atoms with Gasteiger partial charge in [0, 0.05) is 50.5 Å². The number of hydrogen-bond acceptors (Lipinski definition) is 20. The number of nitrogens with one attached hydrogen (secondary N) is 8. The van der Waals surface area contributed by atoms with Crippen molar-refractivity contribution in [3.05, 3.63) is 71.8 Å². The van der Waals surface area contributed by atoms with Crippen LogP contribution in [0.3, 0.4) is 0 Å². The Kier molecular flexibility index (Phi) is 39.9. The van der Waals surface area contributed by atoms with Gasteiger partial charge in [0.15, 0.2) is 29.1 Å². The van der Waals surface area contributed by atoms with Crippen LogP contribution in [0.4, 0.5) is 9.59 Å². The Balaban J connectivity index is 2.74. The first kappa shape index (κ1) is 95.6. The monoisotopic (exact) mass is 1530 g/mol. The van der Waals surface area contributed by atoms with Gasteiger partial charge in [-0.1, -0.05) is 150 Å². The summed E-state index contributed by atoms with van der Waals surface area (Å²) >= 11 is 0. The van der Waals surface area contributed by atoms with Gasteiger partial charge < -0.3 is 89.6 Å². The third-order valence-electron chi connectivity index (χ3n) is 17.7. The second-order valence-corrected chi connectivity index (χ2v) is 32.1. The molecule has 32 heteroatoms. The highest BCUT2D eigenvalue weighted by Crippen LogP contribution is 2.28. The van der Waals surface area contributed by atoms with Crippen molar-refractivity contribution in [2.75, 3.05) is 13.2 Å². The molecule has 0 bridgehead atoms. The van der Waals surface area contributed by atoms with E-state index in [4.69, 9.17) is 26.7 Å². The highest BCUT2D eigenvalue weighted by Gasteiger charge is 2.43. The van der Waals surface area contributed by atoms with E-state index >= 15 is 14.4 Å². The summed E-state index contributed by atoms with van der Waals surface area (Å²) in [6.07, 6.45) is -9.04. The minimum absolute atomic E-state index is 0.0143. The molecule has 2 aromatic rings. The topological polar surface area (TPSA) is 525 Å². The summed E-state index contributed by atoms with van der Waals surface area (Å²) in [5.41, 5.74) is 15.1. The molecule has 0 aromatic heterocycles. The van der Waals surface area contributed by atoms with Crippen LogP contribution in [0.5, 0.6) is 0 Å². The molecule has 18 N–H and O–H groups in total. The molecule has 0 radical (unpaired) electrons. The van der Waals surface area contributed by atoms with Crippen LogP contribution < -0.4 is 59.7 Å². The molecular formula is C77H122N12O20. The second kappa shape index (κ2) is 45.5. The van der Waals surface area contributed by atoms with Crippen molar-refractivity contribution in [3.63, 3.8) is 0 Å². The van der Waals surface area contributed by atoms with Gasteiger partial charge in [-0.25, -0.2) is 9.59 Å². The predicted octanol–water partition coefficient (Wildman–Crippen LogP) is 3.90. The molecule has 0 heterocycles. The number of carbonyl (C=O) groups is 14. The number of carboxylic acid groups (broad SMARTS) is 1. The van der Waals surface area contributed by atoms with Crippen LogP contribution in [0.2, 0.25) is 0 Å². The fourth-order valence-corrected chi connectivity index (χ4v) is 11.8. The first-order valence-electron chi connectivity index (χ1n) is 37.0. The van der Waals surface area contributed by atoms with E-state index in [2.05, 4.69) is 47.5 Å². The predicted molar refractivity (Wildman–Crippen MR) is 405 cm³/mol. The number of carboxylic acids is 1. The van der Waals surface area contributed by atoms with Gasteiger partial charge in [0.1, 0.15) is 42.4 Å². The zero-order valence-electron chi connectivity index (χ0n) is 66.1. The van der Waals surface area contributed by atoms with Crippen LogP contribution in [0, 0.1) is 46.3 Å². The number of carbonyl (C=O) groups excluding carboxylic acids is 13. The highest BCUT2D eigenvalue weighted by atomic mass is 16.6. The Hall–Kier alpha value is -9.43. The fourth-order valence-electron chi connectivity index (χ4n) is 11.8. The molecule has 0 spiro atoms. The third kappa shape index (κ3) is 36.6. The number of ketones is 4. The maximum absolute atomic E-state index is 15.6. The van der Waals surface area contributed by atoms with Gasteiger partial charge in [0.2, 0.25) is 41.4 Å². The average molecular weight is 1540 g/mol. The number of nitrogens with two attached hydrogens (primary N) is 3. The zero-order valence-corrected chi connectivity index (χ0v) is 66.1. The average Bonchev–Trinajstić information content (AvgIpc) is 0.811. The number of alkyl carbamates (subject to hydrolysis) is 2. The number of hydrogen-bond donors (Lipinski definition) is 15. The first-order valence-corrected chi connectivity index (χ1v) is 37.0. The van der Waals surface area contributed by atoms with Crippen molar-refractivity contribution in [2.45, 2.75) is 261 Å². The fraction of sp³-hybridized carbons (Fsp3) is 0.649. The van der Waals surface area contributed by atoms with Crippen LogP contribution in [-0.2, 0) is 73.6 Å². The van der Waals surface area contributed by atoms with E-state index < -0.39 is 234 Å². The SMILES string of the molecule is CC[C@H](C)C(CC(=O)[C@@H](CCCN=C(N)N)NC(=O)[C@@H](CC(=O)[C@@H](NC(=O)[C@@H](NC(=O)[C@H](CC(C)(C)C)NC(=O)[C@@H](CC(C)(C)C)NC(=O)OCc1ccccc1)[C@H](NC(=O)OC(C)(C)C)c1ccccc1)[C@H](O)C(C)C)CC(C)C)C(=O)N[C@H](C(=O)CCC(=O)N[C@@H](CC(N)=O)C(=O)C[C@@H](CO)C(=O)O)[C@H](C)O. The summed E-state index contributed by atoms with van der Waals surface area (Å²) in [7, 11) is 0. The van der Waals surface area contributed by atoms with Crippen LogP contribution in [0.1, 0.15) is 205 Å². The number of aliphatic carboxylic acids is 1. The normalized spacial score (nSPS) is 15.6. The molecule has 0 aliphatic rings. The number of benzene rings is 2. The van der Waals surface area contributed by atoms with E-state index in [1.165, 1.54) is 6.92 Å². The molecule has 14 atom stereocenters. The Morgan fingerprint density at radius 3 is 1.56 bits per heavy atom. The van der Waals surface area contributed by atoms with Gasteiger partial charge >= 0.3 is 18.2 Å². The minimum atomic E-state index is -1.90. The highest BCUT2D eigenvalue weighted by molar-refractivity contribution is 6.00. The van der Waals surface area contributed by atoms with E-state index in [0.717, 1.165) is 0 Å². The van der Waals surface area contributed by atoms with Crippen molar-refractivity contribution in [1.82, 2.24) is 42.5 Å². The molecule has 32 nitrogen and oxygen atoms in total. The van der Waals surface area contributed by atoms with Crippen molar-refractivity contribution in [2.24, 2.45) is 68.5 Å². The van der Waals surface area contributed by atoms with E-state index in [-0.39, 0.29) is 62.7 Å². The maximum Gasteiger partial charge on any atom is 0.408 e. The van der Waals surface area contributed by atoms with Crippen molar-refractivity contribution < 1.29 is 97.0 Å². The molecule has 109 heavy (non-hydrogen) atoms. The number of Topliss-reactive ketones (excluding diaryl/α,β-unsaturated/α-hetero) is 4. The number of aliphatic hydroxyl groups excluding tert-OH is 3. The van der Waals surface area contributed by atoms with E-state index in [1.807, 2.05) is 20.8 Å². The standard InChI is InChI=1S/C77H122N12O20/c1-17-44(6)50(67(100)86-61(45(7)91)55(92)30-31-60(97)82-52(37-59(78)96)56(93)35-49(40-90)71(104)105)36-57(94)51(29-24-32-81-72(79)80)83-66(99)48(33-42(2)3)34-58(95)63(65(98)43(4)5)87-70(103)64(62(47-27-22-19-23-28-47)89-74(107)109-77(14,15)16)88-69(102)53(38-75(8,9)10)84-68(101)54(39-76(11,12)13)85-73(106)108-41-46-25-20-18-21-26-46/h18-23,25-28,42-45,48-54,61-65,90-91,98H,17,24,29-41H2,1-16H3,(H2,78,96)(H,82,97)(H,83,99)(H,84,101)(H,85,106)(H,86,100)(H,87,103)(H,88,102)(H,89,107)(H,104,105)(H4,79,80,81)/t44-,45-,48+,49-,50?,51+,52-,53-,54+,61-,62+,63+,64-,65+/m0/s1. The Labute approximate surface area is 639 Å². The second-order valence-electron chi connectivity index (χ2n) is 32.1. The van der Waals surface area contributed by atoms with Crippen molar-refractivity contribution in [1.29, 1.82) is 0 Å². The number of primary amides is 1. The Morgan fingerprint density at radius 2 is 1.06 bits per heavy atom. The molecule has 610 valence electrons. The molecule has 9 amide bonds. The summed E-state index contributed by atoms with van der Waals surface area (Å²) in [6.45, 7) is 25.9. The van der Waals surface area contributed by atoms with Crippen LogP contribution in [0.25, 0.3) is 0 Å². The minimum Gasteiger partial charge on any atom is -0.481 e. The largest absolute Gasteiger partial charge is 0.481 e. The quantitative estimate of drug-likeness (QED) is 0.0254. The first-order chi connectivity index (χ1) is 50.6. The Bertz CT molecular complexity index is 3400. The number of aliphatic imine (C=N–C) groups is 1. The van der Waals surface area contributed by atoms with Gasteiger partial charge in [-0.3, -0.25) is 62.5 Å². The molecule has 0 fully saturated rings. The number of nitrogens with zero attached hydrogens (tertiary/aromatic N) is 1. The number of amides is 9. The zero-order chi connectivity index (χ0) is 83.0. The maximum atomic E-state index is 15.6. The summed E-state index contributed by atoms with van der Waals surface area (Å²) in [5, 5.41) is 62.8. The molecule has 0 saturated carbocycles. The van der Waals surface area contributed by atoms with Gasteiger partial charge in [-0.05, 0) is 99.5 Å². The summed E-state index contributed by atoms with van der Waals surface area (Å²) in [5.74, 6) is -17.5. The van der Waals surface area contributed by atoms with Gasteiger partial charge in [-0.2, -0.15) is 0 Å². The summed E-state index contributed by atoms with van der Waals surface area (Å²) in [6, 6.07) is 4.16. The molecule has 0 saturated heterocycles. The van der Waals surface area contributed by atoms with Crippen molar-refractivity contribution in [3.8, 4) is 0 Å². The van der Waals surface area contributed by atoms with Crippen LogP contribution in [0.15, 0.2) is 65.7 Å². The number of ether oxygens (including phenoxy) is 2. The molecule has 0 aliphatic heterocycles. The van der Waals surface area contributed by atoms with Crippen LogP contribution in [-0.4, -0.2) is 182 Å². The molecular weight excluding hydrogens is 1410 g/mol. The van der Waals surface area contributed by atoms with Crippen molar-refractivity contribution >= 4 is 88.6 Å². The summed E-state index contributed by atoms with van der Waals surface area (Å²) < 4.78 is 11.2. The van der Waals surface area contributed by atoms with E-state index in [9.17, 15) is 73.2 Å². The Morgan fingerprint density at radius 1 is 0.532 bits per heavy atom. The number of rotatable bonds is 47. The molecule has 2 aromatic carbocycles. The lowest BCUT2D eigenvalue weighted by molar-refractivity contribution is -0.145.